The van der Waals surface area contributed by atoms with E-state index in [-0.39, 0.29) is 0 Å². The summed E-state index contributed by atoms with van der Waals surface area (Å²) in [4.78, 5) is 15.6. The molecule has 2 heterocycles. The quantitative estimate of drug-likeness (QED) is 0.152. The number of ether oxygens (including phenoxy) is 1. The number of imidazole rings is 1. The zero-order chi connectivity index (χ0) is 23.9. The molecule has 0 saturated carbocycles. The number of hydrogen-bond acceptors (Lipinski definition) is 8. The van der Waals surface area contributed by atoms with Crippen molar-refractivity contribution in [1.29, 1.82) is 0 Å². The molecule has 0 aliphatic rings. The summed E-state index contributed by atoms with van der Waals surface area (Å²) in [5.41, 5.74) is 14.1. The van der Waals surface area contributed by atoms with Crippen molar-refractivity contribution in [3.8, 4) is 0 Å². The van der Waals surface area contributed by atoms with E-state index in [9.17, 15) is 0 Å². The molecular weight excluding hydrogens is 448 g/mol. The number of benzene rings is 2. The third kappa shape index (κ3) is 5.44. The number of nitrogens with one attached hydrogen (secondary N) is 2. The highest BCUT2D eigenvalue weighted by Crippen LogP contribution is 2.29. The molecule has 4 aromatic rings. The fourth-order valence-electron chi connectivity index (χ4n) is 4.02. The van der Waals surface area contributed by atoms with Gasteiger partial charge in [0.1, 0.15) is 11.3 Å². The van der Waals surface area contributed by atoms with Crippen LogP contribution in [0.3, 0.4) is 0 Å². The van der Waals surface area contributed by atoms with Crippen LogP contribution in [0.2, 0.25) is 0 Å². The monoisotopic (exact) mass is 480 g/mol. The van der Waals surface area contributed by atoms with Gasteiger partial charge in [-0.15, -0.1) is 0 Å². The largest absolute Gasteiger partial charge is 0.384 e. The molecule has 8 nitrogen and oxygen atoms in total. The standard InChI is InChI=1S/C25H32N6O2S/c1-17-10-11-18(16-21(17)30-33-3)34-27-13-6-7-14-31-22(12-15-32-2)29-23-24(31)19-8-4-5-9-20(19)28-25(23)26/h4-5,8-11,16,27,30H,6-7,12-15H2,1-3H3,(H2,26,28). The van der Waals surface area contributed by atoms with Gasteiger partial charge in [-0.1, -0.05) is 24.3 Å². The van der Waals surface area contributed by atoms with Gasteiger partial charge in [0.15, 0.2) is 5.82 Å². The lowest BCUT2D eigenvalue weighted by molar-refractivity contribution is 0.199. The van der Waals surface area contributed by atoms with Crippen molar-refractivity contribution in [3.05, 3.63) is 53.9 Å². The number of fused-ring (bicyclic) bond motifs is 3. The van der Waals surface area contributed by atoms with Crippen LogP contribution in [-0.4, -0.2) is 41.9 Å². The average Bonchev–Trinajstić information content (AvgIpc) is 3.21. The van der Waals surface area contributed by atoms with Gasteiger partial charge in [-0.05, 0) is 55.5 Å². The van der Waals surface area contributed by atoms with Gasteiger partial charge in [0.05, 0.1) is 30.4 Å². The Morgan fingerprint density at radius 1 is 1.09 bits per heavy atom. The van der Waals surface area contributed by atoms with E-state index in [0.29, 0.717) is 12.4 Å². The summed E-state index contributed by atoms with van der Waals surface area (Å²) in [6.45, 7) is 4.43. The van der Waals surface area contributed by atoms with Crippen molar-refractivity contribution in [3.63, 3.8) is 0 Å². The minimum Gasteiger partial charge on any atom is -0.384 e. The van der Waals surface area contributed by atoms with Crippen LogP contribution in [-0.2, 0) is 22.5 Å². The highest BCUT2D eigenvalue weighted by molar-refractivity contribution is 7.97. The average molecular weight is 481 g/mol. The van der Waals surface area contributed by atoms with E-state index in [0.717, 1.165) is 76.3 Å². The summed E-state index contributed by atoms with van der Waals surface area (Å²) >= 11 is 1.63. The van der Waals surface area contributed by atoms with Crippen molar-refractivity contribution in [2.45, 2.75) is 37.6 Å². The molecule has 2 aromatic heterocycles. The second-order valence-corrected chi connectivity index (χ2v) is 9.08. The van der Waals surface area contributed by atoms with E-state index in [1.807, 2.05) is 18.2 Å². The number of nitrogens with two attached hydrogens (primary N) is 1. The number of aromatic nitrogens is 3. The fourth-order valence-corrected chi connectivity index (χ4v) is 4.74. The normalized spacial score (nSPS) is 11.5. The molecule has 9 heteroatoms. The lowest BCUT2D eigenvalue weighted by atomic mass is 10.2. The number of aryl methyl sites for hydroxylation is 2. The SMILES string of the molecule is COCCc1nc2c(N)nc3ccccc3c2n1CCCCNSc1ccc(C)c(NOC)c1. The van der Waals surface area contributed by atoms with Crippen LogP contribution in [0.1, 0.15) is 24.2 Å². The number of rotatable bonds is 12. The predicted molar refractivity (Wildman–Crippen MR) is 140 cm³/mol. The van der Waals surface area contributed by atoms with E-state index < -0.39 is 0 Å². The van der Waals surface area contributed by atoms with Crippen molar-refractivity contribution in [1.82, 2.24) is 19.3 Å². The first kappa shape index (κ1) is 24.3. The fraction of sp³-hybridized carbons (Fsp3) is 0.360. The predicted octanol–water partition coefficient (Wildman–Crippen LogP) is 4.71. The number of pyridine rings is 1. The Kier molecular flexibility index (Phi) is 8.23. The zero-order valence-electron chi connectivity index (χ0n) is 19.9. The van der Waals surface area contributed by atoms with Crippen LogP contribution in [0.5, 0.6) is 0 Å². The Balaban J connectivity index is 1.42. The second-order valence-electron chi connectivity index (χ2n) is 8.12. The Bertz CT molecular complexity index is 1260. The Hall–Kier alpha value is -2.85. The minimum atomic E-state index is 0.476. The zero-order valence-corrected chi connectivity index (χ0v) is 20.7. The van der Waals surface area contributed by atoms with Crippen molar-refractivity contribution in [2.24, 2.45) is 0 Å². The van der Waals surface area contributed by atoms with Gasteiger partial charge in [-0.2, -0.15) is 0 Å². The molecule has 4 rings (SSSR count). The molecule has 0 bridgehead atoms. The highest BCUT2D eigenvalue weighted by Gasteiger charge is 2.17. The van der Waals surface area contributed by atoms with Gasteiger partial charge in [0.25, 0.3) is 0 Å². The molecule has 2 aromatic carbocycles. The van der Waals surface area contributed by atoms with Gasteiger partial charge in [-0.3, -0.25) is 15.0 Å². The number of nitrogen functional groups attached to an aromatic ring is 1. The summed E-state index contributed by atoms with van der Waals surface area (Å²) in [7, 11) is 3.33. The molecule has 0 amide bonds. The summed E-state index contributed by atoms with van der Waals surface area (Å²) in [5.74, 6) is 1.46. The molecule has 0 spiro atoms. The van der Waals surface area contributed by atoms with Crippen LogP contribution >= 0.6 is 11.9 Å². The number of unbranched alkanes of at least 4 members (excludes halogenated alkanes) is 1. The lowest BCUT2D eigenvalue weighted by Crippen LogP contribution is -2.10. The van der Waals surface area contributed by atoms with Crippen LogP contribution < -0.4 is 15.9 Å². The number of hydrogen-bond donors (Lipinski definition) is 3. The molecule has 0 atom stereocenters. The first-order valence-corrected chi connectivity index (χ1v) is 12.3. The summed E-state index contributed by atoms with van der Waals surface area (Å²) in [6.07, 6.45) is 2.78. The highest BCUT2D eigenvalue weighted by atomic mass is 32.2. The van der Waals surface area contributed by atoms with Crippen LogP contribution in [0.15, 0.2) is 47.4 Å². The van der Waals surface area contributed by atoms with Crippen molar-refractivity contribution in [2.75, 3.05) is 38.6 Å². The smallest absolute Gasteiger partial charge is 0.152 e. The third-order valence-corrected chi connectivity index (χ3v) is 6.58. The van der Waals surface area contributed by atoms with E-state index >= 15 is 0 Å². The molecule has 0 radical (unpaired) electrons. The molecule has 0 saturated heterocycles. The van der Waals surface area contributed by atoms with Crippen molar-refractivity contribution < 1.29 is 9.57 Å². The van der Waals surface area contributed by atoms with Gasteiger partial charge >= 0.3 is 0 Å². The van der Waals surface area contributed by atoms with Gasteiger partial charge in [-0.25, -0.2) is 9.97 Å². The van der Waals surface area contributed by atoms with E-state index in [1.54, 1.807) is 26.2 Å². The Morgan fingerprint density at radius 2 is 1.94 bits per heavy atom. The Labute approximate surface area is 204 Å². The topological polar surface area (TPSA) is 99.3 Å². The molecule has 180 valence electrons. The molecule has 34 heavy (non-hydrogen) atoms. The van der Waals surface area contributed by atoms with Crippen LogP contribution in [0.25, 0.3) is 21.9 Å². The van der Waals surface area contributed by atoms with Crippen molar-refractivity contribution >= 4 is 45.4 Å². The maximum absolute atomic E-state index is 6.28. The molecule has 0 aliphatic heterocycles. The summed E-state index contributed by atoms with van der Waals surface area (Å²) in [6, 6.07) is 14.4. The Morgan fingerprint density at radius 3 is 2.76 bits per heavy atom. The number of anilines is 2. The minimum absolute atomic E-state index is 0.476. The molecule has 0 fully saturated rings. The number of para-hydroxylation sites is 1. The summed E-state index contributed by atoms with van der Waals surface area (Å²) in [5, 5.41) is 1.08. The lowest BCUT2D eigenvalue weighted by Gasteiger charge is -2.12. The van der Waals surface area contributed by atoms with Gasteiger partial charge < -0.3 is 15.0 Å². The van der Waals surface area contributed by atoms with Gasteiger partial charge in [0.2, 0.25) is 0 Å². The van der Waals surface area contributed by atoms with Crippen LogP contribution in [0.4, 0.5) is 11.5 Å². The molecular formula is C25H32N6O2S. The molecule has 0 aliphatic carbocycles. The maximum atomic E-state index is 6.28. The van der Waals surface area contributed by atoms with E-state index in [2.05, 4.69) is 50.9 Å². The molecule has 4 N–H and O–H groups in total. The van der Waals surface area contributed by atoms with Gasteiger partial charge in [0, 0.05) is 36.9 Å². The number of methoxy groups -OCH3 is 1. The molecule has 0 unspecified atom stereocenters. The summed E-state index contributed by atoms with van der Waals surface area (Å²) < 4.78 is 11.1. The first-order valence-electron chi connectivity index (χ1n) is 11.4. The van der Waals surface area contributed by atoms with E-state index in [4.69, 9.17) is 20.3 Å². The first-order chi connectivity index (χ1) is 16.6. The van der Waals surface area contributed by atoms with E-state index in [1.165, 1.54) is 0 Å². The third-order valence-electron chi connectivity index (χ3n) is 5.74. The number of nitrogens with zero attached hydrogens (tertiary/aromatic N) is 3. The maximum Gasteiger partial charge on any atom is 0.152 e. The second kappa shape index (κ2) is 11.5. The van der Waals surface area contributed by atoms with Crippen LogP contribution in [0, 0.1) is 6.92 Å².